The molecular formula is C15H20N2O2S2. The highest BCUT2D eigenvalue weighted by atomic mass is 32.2. The van der Waals surface area contributed by atoms with E-state index < -0.39 is 10.0 Å². The Morgan fingerprint density at radius 2 is 2.05 bits per heavy atom. The minimum atomic E-state index is -3.55. The monoisotopic (exact) mass is 324 g/mol. The second kappa shape index (κ2) is 6.17. The van der Waals surface area contributed by atoms with Crippen LogP contribution < -0.4 is 5.73 Å². The van der Waals surface area contributed by atoms with Crippen molar-refractivity contribution in [2.24, 2.45) is 0 Å². The van der Waals surface area contributed by atoms with E-state index in [-0.39, 0.29) is 10.9 Å². The summed E-state index contributed by atoms with van der Waals surface area (Å²) in [6, 6.07) is 8.61. The van der Waals surface area contributed by atoms with Crippen molar-refractivity contribution in [3.05, 3.63) is 46.2 Å². The van der Waals surface area contributed by atoms with Crippen molar-refractivity contribution in [1.82, 2.24) is 4.31 Å². The molecule has 2 N–H and O–H groups in total. The second-order valence-corrected chi connectivity index (χ2v) is 7.90. The van der Waals surface area contributed by atoms with Gasteiger partial charge in [-0.15, -0.1) is 11.3 Å². The van der Waals surface area contributed by atoms with Crippen LogP contribution >= 0.6 is 11.3 Å². The van der Waals surface area contributed by atoms with Crippen molar-refractivity contribution >= 4 is 27.0 Å². The molecule has 0 aliphatic rings. The lowest BCUT2D eigenvalue weighted by atomic mass is 10.1. The van der Waals surface area contributed by atoms with Gasteiger partial charge in [0.2, 0.25) is 10.0 Å². The fraction of sp³-hybridized carbons (Fsp3) is 0.333. The maximum atomic E-state index is 12.7. The molecule has 0 fully saturated rings. The molecule has 21 heavy (non-hydrogen) atoms. The molecule has 1 aromatic heterocycles. The molecular weight excluding hydrogens is 304 g/mol. The molecule has 0 saturated heterocycles. The number of anilines is 1. The zero-order chi connectivity index (χ0) is 15.6. The third-order valence-electron chi connectivity index (χ3n) is 3.68. The van der Waals surface area contributed by atoms with Crippen LogP contribution in [0.1, 0.15) is 30.3 Å². The van der Waals surface area contributed by atoms with E-state index >= 15 is 0 Å². The third-order valence-corrected chi connectivity index (χ3v) is 6.64. The van der Waals surface area contributed by atoms with E-state index in [0.29, 0.717) is 5.69 Å². The lowest BCUT2D eigenvalue weighted by Gasteiger charge is -2.23. The van der Waals surface area contributed by atoms with Crippen molar-refractivity contribution in [2.75, 3.05) is 12.8 Å². The van der Waals surface area contributed by atoms with Gasteiger partial charge in [-0.2, -0.15) is 4.31 Å². The fourth-order valence-electron chi connectivity index (χ4n) is 2.14. The molecule has 0 aliphatic heterocycles. The maximum absolute atomic E-state index is 12.7. The largest absolute Gasteiger partial charge is 0.398 e. The molecule has 1 aromatic carbocycles. The third kappa shape index (κ3) is 3.12. The Kier molecular flexibility index (Phi) is 4.70. The predicted octanol–water partition coefficient (Wildman–Crippen LogP) is 3.27. The van der Waals surface area contributed by atoms with Gasteiger partial charge in [0.1, 0.15) is 0 Å². The summed E-state index contributed by atoms with van der Waals surface area (Å²) in [5, 5.41) is 1.94. The van der Waals surface area contributed by atoms with Gasteiger partial charge in [-0.25, -0.2) is 8.42 Å². The number of benzene rings is 1. The van der Waals surface area contributed by atoms with Crippen LogP contribution in [0.4, 0.5) is 5.69 Å². The molecule has 2 aromatic rings. The summed E-state index contributed by atoms with van der Waals surface area (Å²) in [7, 11) is -1.95. The van der Waals surface area contributed by atoms with Crippen molar-refractivity contribution in [3.8, 4) is 0 Å². The van der Waals surface area contributed by atoms with Crippen LogP contribution in [0.3, 0.4) is 0 Å². The molecule has 1 atom stereocenters. The molecule has 114 valence electrons. The summed E-state index contributed by atoms with van der Waals surface area (Å²) in [6.45, 7) is 3.87. The maximum Gasteiger partial charge on any atom is 0.243 e. The summed E-state index contributed by atoms with van der Waals surface area (Å²) in [5.74, 6) is 0. The van der Waals surface area contributed by atoms with Crippen molar-refractivity contribution in [2.45, 2.75) is 31.2 Å². The molecule has 6 heteroatoms. The Morgan fingerprint density at radius 1 is 1.33 bits per heavy atom. The fourth-order valence-corrected chi connectivity index (χ4v) is 4.41. The first-order valence-corrected chi connectivity index (χ1v) is 9.09. The van der Waals surface area contributed by atoms with Gasteiger partial charge in [-0.3, -0.25) is 0 Å². The Bertz CT molecular complexity index is 709. The Hall–Kier alpha value is -1.37. The van der Waals surface area contributed by atoms with Crippen LogP contribution in [0.25, 0.3) is 0 Å². The van der Waals surface area contributed by atoms with Gasteiger partial charge in [-0.05, 0) is 42.5 Å². The van der Waals surface area contributed by atoms with Gasteiger partial charge in [0, 0.05) is 17.6 Å². The van der Waals surface area contributed by atoms with Gasteiger partial charge >= 0.3 is 0 Å². The quantitative estimate of drug-likeness (QED) is 0.859. The first-order valence-electron chi connectivity index (χ1n) is 6.77. The SMILES string of the molecule is CCc1ccc(S(=O)(=O)N(C)C(C)c2cccs2)cc1N. The van der Waals surface area contributed by atoms with Crippen molar-refractivity contribution in [1.29, 1.82) is 0 Å². The highest BCUT2D eigenvalue weighted by Crippen LogP contribution is 2.29. The van der Waals surface area contributed by atoms with Crippen LogP contribution in [-0.2, 0) is 16.4 Å². The number of hydrogen-bond acceptors (Lipinski definition) is 4. The minimum Gasteiger partial charge on any atom is -0.398 e. The van der Waals surface area contributed by atoms with E-state index in [1.165, 1.54) is 4.31 Å². The minimum absolute atomic E-state index is 0.206. The van der Waals surface area contributed by atoms with E-state index in [0.717, 1.165) is 16.9 Å². The van der Waals surface area contributed by atoms with Crippen LogP contribution in [0.2, 0.25) is 0 Å². The number of rotatable bonds is 5. The number of nitrogens with two attached hydrogens (primary N) is 1. The van der Waals surface area contributed by atoms with Gasteiger partial charge < -0.3 is 5.73 Å². The van der Waals surface area contributed by atoms with E-state index in [2.05, 4.69) is 0 Å². The smallest absolute Gasteiger partial charge is 0.243 e. The average molecular weight is 324 g/mol. The highest BCUT2D eigenvalue weighted by Gasteiger charge is 2.27. The van der Waals surface area contributed by atoms with Crippen LogP contribution in [0.15, 0.2) is 40.6 Å². The summed E-state index contributed by atoms with van der Waals surface area (Å²) in [4.78, 5) is 1.25. The summed E-state index contributed by atoms with van der Waals surface area (Å²) in [6.07, 6.45) is 0.785. The topological polar surface area (TPSA) is 63.4 Å². The summed E-state index contributed by atoms with van der Waals surface area (Å²) < 4.78 is 26.8. The van der Waals surface area contributed by atoms with Gasteiger partial charge in [0.05, 0.1) is 10.9 Å². The molecule has 0 amide bonds. The second-order valence-electron chi connectivity index (χ2n) is 4.93. The number of thiophene rings is 1. The van der Waals surface area contributed by atoms with Crippen LogP contribution in [0.5, 0.6) is 0 Å². The summed E-state index contributed by atoms with van der Waals surface area (Å²) >= 11 is 1.55. The van der Waals surface area contributed by atoms with Gasteiger partial charge in [0.25, 0.3) is 0 Å². The Morgan fingerprint density at radius 3 is 2.57 bits per heavy atom. The van der Waals surface area contributed by atoms with E-state index in [1.807, 2.05) is 31.4 Å². The first-order chi connectivity index (χ1) is 9.87. The van der Waals surface area contributed by atoms with Crippen molar-refractivity contribution in [3.63, 3.8) is 0 Å². The van der Waals surface area contributed by atoms with E-state index in [4.69, 9.17) is 5.73 Å². The summed E-state index contributed by atoms with van der Waals surface area (Å²) in [5.41, 5.74) is 7.40. The molecule has 0 aliphatic carbocycles. The Balaban J connectivity index is 2.35. The number of nitrogen functional groups attached to an aromatic ring is 1. The van der Waals surface area contributed by atoms with Gasteiger partial charge in [-0.1, -0.05) is 19.1 Å². The standard InChI is InChI=1S/C15H20N2O2S2/c1-4-12-7-8-13(10-14(12)16)21(18,19)17(3)11(2)15-6-5-9-20-15/h5-11H,4,16H2,1-3H3. The normalized spacial score (nSPS) is 13.5. The average Bonchev–Trinajstić information content (AvgIpc) is 2.99. The molecule has 1 heterocycles. The Labute approximate surface area is 130 Å². The molecule has 0 radical (unpaired) electrons. The highest BCUT2D eigenvalue weighted by molar-refractivity contribution is 7.89. The van der Waals surface area contributed by atoms with Crippen LogP contribution in [0, 0.1) is 0 Å². The lowest BCUT2D eigenvalue weighted by Crippen LogP contribution is -2.29. The van der Waals surface area contributed by atoms with Crippen LogP contribution in [-0.4, -0.2) is 19.8 Å². The van der Waals surface area contributed by atoms with Gasteiger partial charge in [0.15, 0.2) is 0 Å². The zero-order valence-corrected chi connectivity index (χ0v) is 14.0. The zero-order valence-electron chi connectivity index (χ0n) is 12.4. The van der Waals surface area contributed by atoms with E-state index in [1.54, 1.807) is 36.6 Å². The van der Waals surface area contributed by atoms with E-state index in [9.17, 15) is 8.42 Å². The number of aryl methyl sites for hydroxylation is 1. The molecule has 4 nitrogen and oxygen atoms in total. The molecule has 2 rings (SSSR count). The lowest BCUT2D eigenvalue weighted by molar-refractivity contribution is 0.403. The number of hydrogen-bond donors (Lipinski definition) is 1. The van der Waals surface area contributed by atoms with Crippen molar-refractivity contribution < 1.29 is 8.42 Å². The number of nitrogens with zero attached hydrogens (tertiary/aromatic N) is 1. The molecule has 0 spiro atoms. The number of sulfonamides is 1. The predicted molar refractivity (Wildman–Crippen MR) is 87.9 cm³/mol. The first kappa shape index (κ1) is 16.0. The molecule has 0 bridgehead atoms. The molecule has 0 saturated carbocycles. The molecule has 1 unspecified atom stereocenters.